The molecule has 0 radical (unpaired) electrons. The summed E-state index contributed by atoms with van der Waals surface area (Å²) in [7, 11) is 0. The largest absolute Gasteiger partial charge is 0.256 e. The lowest BCUT2D eigenvalue weighted by molar-refractivity contribution is 0.854. The standard InChI is InChI=1S/C20H15IN2/c21-19-12-7-13-20-18(19)14-15-22(20)23(16-8-3-1-4-9-16)17-10-5-2-6-11-17/h1-15H. The highest BCUT2D eigenvalue weighted by Gasteiger charge is 2.14. The van der Waals surface area contributed by atoms with E-state index >= 15 is 0 Å². The molecule has 0 spiro atoms. The molecule has 3 aromatic carbocycles. The van der Waals surface area contributed by atoms with Gasteiger partial charge in [0.2, 0.25) is 0 Å². The zero-order valence-electron chi connectivity index (χ0n) is 12.4. The first kappa shape index (κ1) is 14.3. The summed E-state index contributed by atoms with van der Waals surface area (Å²) in [4.78, 5) is 0. The lowest BCUT2D eigenvalue weighted by Gasteiger charge is -2.27. The maximum atomic E-state index is 2.39. The number of halogens is 1. The quantitative estimate of drug-likeness (QED) is 0.385. The van der Waals surface area contributed by atoms with Gasteiger partial charge in [-0.1, -0.05) is 42.5 Å². The van der Waals surface area contributed by atoms with E-state index in [1.807, 2.05) is 12.1 Å². The maximum Gasteiger partial charge on any atom is 0.0713 e. The van der Waals surface area contributed by atoms with Crippen molar-refractivity contribution in [2.24, 2.45) is 0 Å². The Bertz CT molecular complexity index is 890. The number of hydrogen-bond donors (Lipinski definition) is 0. The van der Waals surface area contributed by atoms with Crippen LogP contribution in [0.2, 0.25) is 0 Å². The first-order valence-corrected chi connectivity index (χ1v) is 8.58. The number of para-hydroxylation sites is 2. The summed E-state index contributed by atoms with van der Waals surface area (Å²) in [5.74, 6) is 0. The number of hydrogen-bond acceptors (Lipinski definition) is 1. The van der Waals surface area contributed by atoms with E-state index in [4.69, 9.17) is 0 Å². The van der Waals surface area contributed by atoms with Gasteiger partial charge in [0.25, 0.3) is 0 Å². The fourth-order valence-electron chi connectivity index (χ4n) is 2.83. The van der Waals surface area contributed by atoms with Crippen molar-refractivity contribution in [3.63, 3.8) is 0 Å². The Morgan fingerprint density at radius 3 is 1.87 bits per heavy atom. The van der Waals surface area contributed by atoms with Gasteiger partial charge in [-0.15, -0.1) is 0 Å². The molecule has 2 nitrogen and oxygen atoms in total. The lowest BCUT2D eigenvalue weighted by atomic mass is 10.2. The second-order valence-corrected chi connectivity index (χ2v) is 6.48. The van der Waals surface area contributed by atoms with E-state index in [1.54, 1.807) is 0 Å². The molecule has 0 fully saturated rings. The molecule has 0 aliphatic rings. The van der Waals surface area contributed by atoms with Crippen molar-refractivity contribution in [3.8, 4) is 0 Å². The second-order valence-electron chi connectivity index (χ2n) is 5.32. The summed E-state index contributed by atoms with van der Waals surface area (Å²) in [6, 6.07) is 29.5. The van der Waals surface area contributed by atoms with Crippen LogP contribution in [0, 0.1) is 3.57 Å². The minimum atomic E-state index is 1.13. The van der Waals surface area contributed by atoms with E-state index in [2.05, 4.69) is 111 Å². The Morgan fingerprint density at radius 2 is 1.26 bits per heavy atom. The van der Waals surface area contributed by atoms with E-state index in [0.29, 0.717) is 0 Å². The van der Waals surface area contributed by atoms with Gasteiger partial charge in [-0.3, -0.25) is 4.68 Å². The van der Waals surface area contributed by atoms with Crippen LogP contribution in [0.5, 0.6) is 0 Å². The monoisotopic (exact) mass is 410 g/mol. The van der Waals surface area contributed by atoms with Gasteiger partial charge in [0.1, 0.15) is 0 Å². The number of nitrogens with zero attached hydrogens (tertiary/aromatic N) is 2. The van der Waals surface area contributed by atoms with Crippen molar-refractivity contribution in [1.29, 1.82) is 0 Å². The van der Waals surface area contributed by atoms with Gasteiger partial charge >= 0.3 is 0 Å². The maximum absolute atomic E-state index is 2.39. The number of aromatic nitrogens is 1. The van der Waals surface area contributed by atoms with E-state index in [1.165, 1.54) is 14.5 Å². The Hall–Kier alpha value is -2.27. The van der Waals surface area contributed by atoms with E-state index in [9.17, 15) is 0 Å². The number of fused-ring (bicyclic) bond motifs is 1. The zero-order chi connectivity index (χ0) is 15.6. The van der Waals surface area contributed by atoms with E-state index in [-0.39, 0.29) is 0 Å². The molecule has 0 amide bonds. The Morgan fingerprint density at radius 1 is 0.652 bits per heavy atom. The molecule has 4 aromatic rings. The zero-order valence-corrected chi connectivity index (χ0v) is 14.6. The molecule has 0 bridgehead atoms. The van der Waals surface area contributed by atoms with Crippen LogP contribution in [-0.4, -0.2) is 4.68 Å². The molecule has 1 heterocycles. The van der Waals surface area contributed by atoms with Crippen LogP contribution < -0.4 is 5.01 Å². The molecule has 0 saturated carbocycles. The molecule has 112 valence electrons. The average molecular weight is 410 g/mol. The fourth-order valence-corrected chi connectivity index (χ4v) is 3.49. The summed E-state index contributed by atoms with van der Waals surface area (Å²) in [6.07, 6.45) is 2.13. The molecule has 0 N–H and O–H groups in total. The molecule has 0 unspecified atom stereocenters. The Labute approximate surface area is 149 Å². The van der Waals surface area contributed by atoms with Crippen LogP contribution in [-0.2, 0) is 0 Å². The topological polar surface area (TPSA) is 8.17 Å². The normalized spacial score (nSPS) is 10.8. The summed E-state index contributed by atoms with van der Waals surface area (Å²) < 4.78 is 3.47. The predicted molar refractivity (Wildman–Crippen MR) is 105 cm³/mol. The lowest BCUT2D eigenvalue weighted by Crippen LogP contribution is -2.23. The van der Waals surface area contributed by atoms with E-state index in [0.717, 1.165) is 11.4 Å². The molecule has 0 aliphatic heterocycles. The molecule has 0 aliphatic carbocycles. The summed E-state index contributed by atoms with van der Waals surface area (Å²) >= 11 is 2.39. The van der Waals surface area contributed by atoms with Crippen molar-refractivity contribution in [3.05, 3.63) is 94.7 Å². The van der Waals surface area contributed by atoms with Crippen molar-refractivity contribution >= 4 is 44.9 Å². The first-order chi connectivity index (χ1) is 11.3. The van der Waals surface area contributed by atoms with Crippen LogP contribution in [0.4, 0.5) is 11.4 Å². The highest BCUT2D eigenvalue weighted by atomic mass is 127. The minimum Gasteiger partial charge on any atom is -0.256 e. The van der Waals surface area contributed by atoms with Crippen LogP contribution >= 0.6 is 22.6 Å². The average Bonchev–Trinajstić information content (AvgIpc) is 3.03. The number of anilines is 2. The van der Waals surface area contributed by atoms with Crippen LogP contribution in [0.25, 0.3) is 10.9 Å². The Balaban J connectivity index is 1.96. The summed E-state index contributed by atoms with van der Waals surface area (Å²) in [5, 5.41) is 3.50. The molecule has 4 rings (SSSR count). The fraction of sp³-hybridized carbons (Fsp3) is 0. The SMILES string of the molecule is Ic1cccc2c1ccn2N(c1ccccc1)c1ccccc1. The third kappa shape index (κ3) is 2.61. The molecule has 0 saturated heterocycles. The second kappa shape index (κ2) is 6.08. The molecule has 23 heavy (non-hydrogen) atoms. The smallest absolute Gasteiger partial charge is 0.0713 e. The predicted octanol–water partition coefficient (Wildman–Crippen LogP) is 5.85. The van der Waals surface area contributed by atoms with Crippen molar-refractivity contribution < 1.29 is 0 Å². The first-order valence-electron chi connectivity index (χ1n) is 7.51. The number of benzene rings is 3. The van der Waals surface area contributed by atoms with Gasteiger partial charge in [0.05, 0.1) is 16.9 Å². The van der Waals surface area contributed by atoms with Gasteiger partial charge in [0.15, 0.2) is 0 Å². The summed E-state index contributed by atoms with van der Waals surface area (Å²) in [5.41, 5.74) is 3.47. The highest BCUT2D eigenvalue weighted by molar-refractivity contribution is 14.1. The minimum absolute atomic E-state index is 1.13. The van der Waals surface area contributed by atoms with Crippen LogP contribution in [0.3, 0.4) is 0 Å². The van der Waals surface area contributed by atoms with Crippen molar-refractivity contribution in [2.75, 3.05) is 5.01 Å². The van der Waals surface area contributed by atoms with Gasteiger partial charge in [-0.2, -0.15) is 0 Å². The van der Waals surface area contributed by atoms with Gasteiger partial charge in [-0.25, -0.2) is 5.01 Å². The molecule has 3 heteroatoms. The molecular weight excluding hydrogens is 395 g/mol. The summed E-state index contributed by atoms with van der Waals surface area (Å²) in [6.45, 7) is 0. The van der Waals surface area contributed by atoms with E-state index < -0.39 is 0 Å². The van der Waals surface area contributed by atoms with Crippen molar-refractivity contribution in [2.45, 2.75) is 0 Å². The van der Waals surface area contributed by atoms with Gasteiger partial charge in [-0.05, 0) is 65.1 Å². The van der Waals surface area contributed by atoms with Crippen LogP contribution in [0.1, 0.15) is 0 Å². The van der Waals surface area contributed by atoms with Crippen LogP contribution in [0.15, 0.2) is 91.1 Å². The van der Waals surface area contributed by atoms with Crippen molar-refractivity contribution in [1.82, 2.24) is 4.68 Å². The van der Waals surface area contributed by atoms with Gasteiger partial charge < -0.3 is 0 Å². The highest BCUT2D eigenvalue weighted by Crippen LogP contribution is 2.30. The third-order valence-corrected chi connectivity index (χ3v) is 4.82. The molecule has 0 atom stereocenters. The van der Waals surface area contributed by atoms with Gasteiger partial charge in [0, 0.05) is 15.2 Å². The Kier molecular flexibility index (Phi) is 3.79. The third-order valence-electron chi connectivity index (χ3n) is 3.88. The molecule has 1 aromatic heterocycles. The number of rotatable bonds is 3. The molecular formula is C20H15IN2.